The van der Waals surface area contributed by atoms with Crippen molar-refractivity contribution < 1.29 is 23.9 Å². The van der Waals surface area contributed by atoms with Gasteiger partial charge >= 0.3 is 0 Å². The van der Waals surface area contributed by atoms with Gasteiger partial charge in [-0.3, -0.25) is 34.4 Å². The minimum atomic E-state index is -0.981. The van der Waals surface area contributed by atoms with E-state index in [4.69, 9.17) is 15.1 Å². The summed E-state index contributed by atoms with van der Waals surface area (Å²) in [7, 11) is 0. The highest BCUT2D eigenvalue weighted by atomic mass is 16.5. The van der Waals surface area contributed by atoms with Crippen molar-refractivity contribution in [3.05, 3.63) is 65.6 Å². The van der Waals surface area contributed by atoms with Crippen LogP contribution in [-0.2, 0) is 14.3 Å². The summed E-state index contributed by atoms with van der Waals surface area (Å²) in [4.78, 5) is 63.0. The fraction of sp³-hybridized carbons (Fsp3) is 0.417. The minimum Gasteiger partial charge on any atom is -0.388 e. The number of amides is 4. The summed E-state index contributed by atoms with van der Waals surface area (Å²) in [5.74, 6) is -1.38. The Hall–Kier alpha value is -5.17. The average Bonchev–Trinajstić information content (AvgIpc) is 3.92. The van der Waals surface area contributed by atoms with E-state index in [1.54, 1.807) is 24.4 Å². The van der Waals surface area contributed by atoms with E-state index in [1.807, 2.05) is 12.3 Å². The number of morpholine rings is 1. The Morgan fingerprint density at radius 1 is 0.980 bits per heavy atom. The predicted molar refractivity (Wildman–Crippen MR) is 182 cm³/mol. The third kappa shape index (κ3) is 6.14. The average molecular weight is 663 g/mol. The van der Waals surface area contributed by atoms with Gasteiger partial charge in [-0.1, -0.05) is 0 Å². The van der Waals surface area contributed by atoms with Gasteiger partial charge in [0.25, 0.3) is 11.8 Å². The van der Waals surface area contributed by atoms with Crippen molar-refractivity contribution >= 4 is 57.3 Å². The summed E-state index contributed by atoms with van der Waals surface area (Å²) in [5.41, 5.74) is 6.09. The molecular weight excluding hydrogens is 624 g/mol. The summed E-state index contributed by atoms with van der Waals surface area (Å²) in [6.07, 6.45) is 7.85. The van der Waals surface area contributed by atoms with Crippen LogP contribution in [0.3, 0.4) is 0 Å². The normalized spacial score (nSPS) is 24.1. The van der Waals surface area contributed by atoms with Gasteiger partial charge in [0.15, 0.2) is 0 Å². The van der Waals surface area contributed by atoms with Crippen LogP contribution in [-0.4, -0.2) is 89.1 Å². The lowest BCUT2D eigenvalue weighted by Gasteiger charge is -2.36. The molecule has 4 heterocycles. The number of allylic oxidation sites excluding steroid dienone is 1. The maximum atomic E-state index is 13.2. The number of benzene rings is 2. The van der Waals surface area contributed by atoms with E-state index in [9.17, 15) is 19.2 Å². The number of imide groups is 2. The Morgan fingerprint density at radius 2 is 1.78 bits per heavy atom. The van der Waals surface area contributed by atoms with Crippen molar-refractivity contribution in [1.29, 1.82) is 5.41 Å². The first-order valence-corrected chi connectivity index (χ1v) is 17.1. The van der Waals surface area contributed by atoms with E-state index in [2.05, 4.69) is 38.0 Å². The molecule has 2 saturated heterocycles. The van der Waals surface area contributed by atoms with Gasteiger partial charge in [0.2, 0.25) is 11.8 Å². The smallest absolute Gasteiger partial charge is 0.262 e. The van der Waals surface area contributed by atoms with E-state index in [0.717, 1.165) is 71.7 Å². The van der Waals surface area contributed by atoms with Crippen molar-refractivity contribution in [2.24, 2.45) is 11.8 Å². The zero-order valence-electron chi connectivity index (χ0n) is 27.0. The number of aromatic nitrogens is 2. The molecular formula is C36H38N8O5. The number of anilines is 2. The van der Waals surface area contributed by atoms with Gasteiger partial charge in [0, 0.05) is 66.9 Å². The Kier molecular flexibility index (Phi) is 8.06. The lowest BCUT2D eigenvalue weighted by Crippen LogP contribution is -2.54. The summed E-state index contributed by atoms with van der Waals surface area (Å²) in [6, 6.07) is 10.5. The molecule has 1 unspecified atom stereocenters. The second-order valence-corrected chi connectivity index (χ2v) is 13.6. The lowest BCUT2D eigenvalue weighted by molar-refractivity contribution is -0.136. The Balaban J connectivity index is 0.892. The van der Waals surface area contributed by atoms with Crippen molar-refractivity contribution in [3.8, 4) is 0 Å². The highest BCUT2D eigenvalue weighted by molar-refractivity contribution is 6.24. The van der Waals surface area contributed by atoms with Crippen LogP contribution < -0.4 is 20.9 Å². The van der Waals surface area contributed by atoms with Crippen molar-refractivity contribution in [2.75, 3.05) is 43.1 Å². The van der Waals surface area contributed by atoms with Crippen LogP contribution in [0.4, 0.5) is 11.4 Å². The number of piperidine rings is 1. The van der Waals surface area contributed by atoms with Gasteiger partial charge in [0.05, 0.1) is 47.3 Å². The highest BCUT2D eigenvalue weighted by Gasteiger charge is 2.44. The van der Waals surface area contributed by atoms with E-state index in [-0.39, 0.29) is 35.9 Å². The van der Waals surface area contributed by atoms with Crippen LogP contribution in [0.5, 0.6) is 0 Å². The molecule has 252 valence electrons. The summed E-state index contributed by atoms with van der Waals surface area (Å²) in [5, 5.41) is 18.1. The molecule has 2 aromatic carbocycles. The molecule has 8 rings (SSSR count). The van der Waals surface area contributed by atoms with Gasteiger partial charge in [-0.25, -0.2) is 4.98 Å². The molecule has 0 spiro atoms. The minimum absolute atomic E-state index is 0.0854. The van der Waals surface area contributed by atoms with Crippen molar-refractivity contribution in [2.45, 2.75) is 50.6 Å². The number of hydrogen-bond acceptors (Lipinski definition) is 11. The first-order chi connectivity index (χ1) is 23.8. The van der Waals surface area contributed by atoms with Crippen LogP contribution in [0.2, 0.25) is 0 Å². The van der Waals surface area contributed by atoms with E-state index in [1.165, 1.54) is 0 Å². The zero-order chi connectivity index (χ0) is 33.6. The Bertz CT molecular complexity index is 1910. The maximum absolute atomic E-state index is 13.2. The topological polar surface area (TPSA) is 170 Å². The van der Waals surface area contributed by atoms with Gasteiger partial charge < -0.3 is 25.7 Å². The van der Waals surface area contributed by atoms with Crippen molar-refractivity contribution in [3.63, 3.8) is 0 Å². The molecule has 2 saturated carbocycles. The second-order valence-electron chi connectivity index (χ2n) is 13.6. The van der Waals surface area contributed by atoms with E-state index >= 15 is 0 Å². The monoisotopic (exact) mass is 662 g/mol. The van der Waals surface area contributed by atoms with Gasteiger partial charge in [-0.05, 0) is 74.4 Å². The zero-order valence-corrected chi connectivity index (χ0v) is 27.0. The number of nitrogens with zero attached hydrogens (tertiary/aromatic N) is 4. The van der Waals surface area contributed by atoms with Crippen molar-refractivity contribution in [1.82, 2.24) is 25.5 Å². The Labute approximate surface area is 283 Å². The molecule has 4 fully saturated rings. The third-order valence-corrected chi connectivity index (χ3v) is 10.2. The fourth-order valence-electron chi connectivity index (χ4n) is 7.11. The number of carbonyl (C=O) groups excluding carboxylic acids is 4. The molecule has 5 aliphatic rings. The maximum Gasteiger partial charge on any atom is 0.262 e. The molecule has 1 aromatic heterocycles. The molecule has 0 bridgehead atoms. The van der Waals surface area contributed by atoms with Gasteiger partial charge in [-0.15, -0.1) is 0 Å². The van der Waals surface area contributed by atoms with Gasteiger partial charge in [0.1, 0.15) is 6.04 Å². The highest BCUT2D eigenvalue weighted by Crippen LogP contribution is 2.36. The number of fused-ring (bicyclic) bond motifs is 2. The van der Waals surface area contributed by atoms with Crippen LogP contribution >= 0.6 is 0 Å². The third-order valence-electron chi connectivity index (χ3n) is 10.2. The molecule has 49 heavy (non-hydrogen) atoms. The SMILES string of the molecule is N=C(/C(=C\NC1CC(CNc2ccc3c(c2)C(=O)N(C2CCC(=O)NC2=O)C3=O)C1)c1cnc2ccc(N3CCOCC3)cc2n1)C1CC1. The van der Waals surface area contributed by atoms with Crippen LogP contribution in [0, 0.1) is 17.2 Å². The number of hydrogen-bond donors (Lipinski definition) is 4. The van der Waals surface area contributed by atoms with Crippen LogP contribution in [0.15, 0.2) is 48.8 Å². The summed E-state index contributed by atoms with van der Waals surface area (Å²) in [6.45, 7) is 3.81. The number of nitrogens with one attached hydrogen (secondary N) is 4. The second kappa shape index (κ2) is 12.7. The molecule has 4 amide bonds. The first kappa shape index (κ1) is 31.1. The summed E-state index contributed by atoms with van der Waals surface area (Å²) >= 11 is 0. The molecule has 1 atom stereocenters. The molecule has 4 N–H and O–H groups in total. The fourth-order valence-corrected chi connectivity index (χ4v) is 7.11. The molecule has 3 aliphatic heterocycles. The van der Waals surface area contributed by atoms with Crippen LogP contribution in [0.1, 0.15) is 64.9 Å². The Morgan fingerprint density at radius 3 is 2.55 bits per heavy atom. The molecule has 13 heteroatoms. The molecule has 0 radical (unpaired) electrons. The van der Waals surface area contributed by atoms with E-state index in [0.29, 0.717) is 37.1 Å². The standard InChI is InChI=1S/C36H38N8O5/c37-33(21-1-2-21)27(30-19-40-28-6-4-24(16-29(28)41-30)43-9-11-49-12-10-43)18-39-23-13-20(14-23)17-38-22-3-5-25-26(15-22)36(48)44(35(25)47)31-7-8-32(45)42-34(31)46/h3-6,15-16,18-21,23,31,37-39H,1-2,7-14,17H2,(H,42,45,46)/b27-18-,37-33?. The number of rotatable bonds is 10. The molecule has 2 aliphatic carbocycles. The quantitative estimate of drug-likeness (QED) is 0.187. The summed E-state index contributed by atoms with van der Waals surface area (Å²) < 4.78 is 5.51. The van der Waals surface area contributed by atoms with Crippen LogP contribution in [0.25, 0.3) is 16.6 Å². The van der Waals surface area contributed by atoms with E-state index < -0.39 is 29.7 Å². The molecule has 13 nitrogen and oxygen atoms in total. The van der Waals surface area contributed by atoms with Gasteiger partial charge in [-0.2, -0.15) is 0 Å². The number of carbonyl (C=O) groups is 4. The predicted octanol–water partition coefficient (Wildman–Crippen LogP) is 3.12. The molecule has 3 aromatic rings. The first-order valence-electron chi connectivity index (χ1n) is 17.1. The lowest BCUT2D eigenvalue weighted by atomic mass is 9.80. The largest absolute Gasteiger partial charge is 0.388 e. The number of ether oxygens (including phenoxy) is 1.